The van der Waals surface area contributed by atoms with Gasteiger partial charge in [0, 0.05) is 25.3 Å². The molecule has 0 radical (unpaired) electrons. The maximum atomic E-state index is 8.98. The minimum atomic E-state index is 0.134. The van der Waals surface area contributed by atoms with Crippen molar-refractivity contribution in [3.8, 4) is 0 Å². The molecule has 0 atom stereocenters. The highest BCUT2D eigenvalue weighted by molar-refractivity contribution is 5.57. The molecule has 0 unspecified atom stereocenters. The third kappa shape index (κ3) is 5.87. The first-order valence-electron chi connectivity index (χ1n) is 7.96. The molecule has 21 heavy (non-hydrogen) atoms. The van der Waals surface area contributed by atoms with Gasteiger partial charge in [0.1, 0.15) is 18.0 Å². The Bertz CT molecular complexity index is 421. The van der Waals surface area contributed by atoms with Crippen molar-refractivity contribution < 1.29 is 5.11 Å². The third-order valence-corrected chi connectivity index (χ3v) is 3.54. The van der Waals surface area contributed by atoms with Gasteiger partial charge in [0.25, 0.3) is 0 Å². The lowest BCUT2D eigenvalue weighted by Crippen LogP contribution is -2.24. The van der Waals surface area contributed by atoms with E-state index in [1.54, 1.807) is 6.33 Å². The summed E-state index contributed by atoms with van der Waals surface area (Å²) in [7, 11) is 0. The fourth-order valence-corrected chi connectivity index (χ4v) is 2.34. The Hall–Kier alpha value is -1.36. The van der Waals surface area contributed by atoms with Crippen LogP contribution in [-0.4, -0.2) is 34.8 Å². The number of nitrogens with zero attached hydrogens (tertiary/aromatic N) is 2. The van der Waals surface area contributed by atoms with Crippen LogP contribution in [0.25, 0.3) is 0 Å². The van der Waals surface area contributed by atoms with Crippen molar-refractivity contribution >= 4 is 11.6 Å². The van der Waals surface area contributed by atoms with Crippen LogP contribution < -0.4 is 10.6 Å². The highest BCUT2D eigenvalue weighted by atomic mass is 16.2. The number of rotatable bonds is 10. The first-order chi connectivity index (χ1) is 10.0. The Morgan fingerprint density at radius 2 is 1.81 bits per heavy atom. The summed E-state index contributed by atoms with van der Waals surface area (Å²) in [6, 6.07) is 0. The third-order valence-electron chi connectivity index (χ3n) is 3.54. The minimum absolute atomic E-state index is 0.134. The van der Waals surface area contributed by atoms with Crippen LogP contribution in [0, 0.1) is 5.41 Å². The molecule has 0 fully saturated rings. The molecule has 0 aliphatic carbocycles. The molecule has 0 saturated heterocycles. The predicted octanol–water partition coefficient (Wildman–Crippen LogP) is 3.07. The fraction of sp³-hybridized carbons (Fsp3) is 0.750. The Kier molecular flexibility index (Phi) is 7.43. The average Bonchev–Trinajstić information content (AvgIpc) is 2.46. The van der Waals surface area contributed by atoms with E-state index < -0.39 is 0 Å². The summed E-state index contributed by atoms with van der Waals surface area (Å²) < 4.78 is 0. The normalized spacial score (nSPS) is 11.5. The van der Waals surface area contributed by atoms with Crippen LogP contribution in [0.15, 0.2) is 6.33 Å². The smallest absolute Gasteiger partial charge is 0.134 e. The second kappa shape index (κ2) is 8.82. The molecule has 5 nitrogen and oxygen atoms in total. The number of aromatic nitrogens is 2. The number of aliphatic hydroxyl groups excluding tert-OH is 1. The van der Waals surface area contributed by atoms with Crippen molar-refractivity contribution in [1.29, 1.82) is 0 Å². The zero-order valence-electron chi connectivity index (χ0n) is 13.9. The molecule has 1 rings (SSSR count). The summed E-state index contributed by atoms with van der Waals surface area (Å²) in [6.45, 7) is 10.6. The monoisotopic (exact) mass is 294 g/mol. The SMILES string of the molecule is CCCc1c(NCC)ncnc1NCC(C)(C)CCCO. The molecule has 1 aromatic rings. The highest BCUT2D eigenvalue weighted by Crippen LogP contribution is 2.26. The van der Waals surface area contributed by atoms with Gasteiger partial charge in [0.05, 0.1) is 0 Å². The zero-order valence-corrected chi connectivity index (χ0v) is 13.9. The molecule has 5 heteroatoms. The van der Waals surface area contributed by atoms with Crippen LogP contribution >= 0.6 is 0 Å². The molecule has 0 aliphatic rings. The van der Waals surface area contributed by atoms with Crippen LogP contribution in [-0.2, 0) is 6.42 Å². The van der Waals surface area contributed by atoms with Crippen LogP contribution in [0.2, 0.25) is 0 Å². The first kappa shape index (κ1) is 17.7. The van der Waals surface area contributed by atoms with E-state index in [-0.39, 0.29) is 12.0 Å². The van der Waals surface area contributed by atoms with Crippen molar-refractivity contribution in [3.05, 3.63) is 11.9 Å². The maximum Gasteiger partial charge on any atom is 0.134 e. The molecule has 0 aromatic carbocycles. The van der Waals surface area contributed by atoms with E-state index in [1.807, 2.05) is 0 Å². The minimum Gasteiger partial charge on any atom is -0.396 e. The lowest BCUT2D eigenvalue weighted by molar-refractivity contribution is 0.248. The molecular formula is C16H30N4O. The standard InChI is InChI=1S/C16H30N4O/c1-5-8-13-14(17-6-2)19-12-20-15(13)18-11-16(3,4)9-7-10-21/h12,21H,5-11H2,1-4H3,(H2,17,18,19,20). The predicted molar refractivity (Wildman–Crippen MR) is 88.8 cm³/mol. The Balaban J connectivity index is 2.79. The number of nitrogens with one attached hydrogen (secondary N) is 2. The number of hydrogen-bond donors (Lipinski definition) is 3. The molecular weight excluding hydrogens is 264 g/mol. The Labute approximate surface area is 128 Å². The summed E-state index contributed by atoms with van der Waals surface area (Å²) >= 11 is 0. The molecule has 0 saturated carbocycles. The van der Waals surface area contributed by atoms with Gasteiger partial charge in [-0.2, -0.15) is 0 Å². The molecule has 1 aromatic heterocycles. The number of anilines is 2. The lowest BCUT2D eigenvalue weighted by atomic mass is 9.88. The Morgan fingerprint density at radius 3 is 2.38 bits per heavy atom. The van der Waals surface area contributed by atoms with E-state index in [4.69, 9.17) is 5.11 Å². The van der Waals surface area contributed by atoms with Crippen molar-refractivity contribution in [2.24, 2.45) is 5.41 Å². The van der Waals surface area contributed by atoms with Gasteiger partial charge < -0.3 is 15.7 Å². The van der Waals surface area contributed by atoms with E-state index in [1.165, 1.54) is 5.56 Å². The number of aliphatic hydroxyl groups is 1. The summed E-state index contributed by atoms with van der Waals surface area (Å²) in [5.41, 5.74) is 1.30. The summed E-state index contributed by atoms with van der Waals surface area (Å²) in [5.74, 6) is 1.87. The van der Waals surface area contributed by atoms with Crippen LogP contribution in [0.1, 0.15) is 52.5 Å². The largest absolute Gasteiger partial charge is 0.396 e. The molecule has 0 amide bonds. The van der Waals surface area contributed by atoms with E-state index in [0.29, 0.717) is 0 Å². The molecule has 0 aliphatic heterocycles. The number of hydrogen-bond acceptors (Lipinski definition) is 5. The van der Waals surface area contributed by atoms with Crippen molar-refractivity contribution in [2.75, 3.05) is 30.3 Å². The summed E-state index contributed by atoms with van der Waals surface area (Å²) in [5, 5.41) is 15.8. The zero-order chi connectivity index (χ0) is 15.7. The van der Waals surface area contributed by atoms with E-state index in [9.17, 15) is 0 Å². The molecule has 0 spiro atoms. The topological polar surface area (TPSA) is 70.1 Å². The quantitative estimate of drug-likeness (QED) is 0.618. The van der Waals surface area contributed by atoms with E-state index in [2.05, 4.69) is 48.3 Å². The van der Waals surface area contributed by atoms with Crippen molar-refractivity contribution in [2.45, 2.75) is 53.4 Å². The van der Waals surface area contributed by atoms with E-state index in [0.717, 1.165) is 50.4 Å². The van der Waals surface area contributed by atoms with Gasteiger partial charge >= 0.3 is 0 Å². The lowest BCUT2D eigenvalue weighted by Gasteiger charge is -2.26. The van der Waals surface area contributed by atoms with Gasteiger partial charge in [-0.05, 0) is 31.6 Å². The summed E-state index contributed by atoms with van der Waals surface area (Å²) in [6.07, 6.45) is 5.46. The maximum absolute atomic E-state index is 8.98. The van der Waals surface area contributed by atoms with Crippen molar-refractivity contribution in [1.82, 2.24) is 9.97 Å². The molecule has 1 heterocycles. The second-order valence-electron chi connectivity index (χ2n) is 6.17. The van der Waals surface area contributed by atoms with Gasteiger partial charge in [-0.3, -0.25) is 0 Å². The fourth-order valence-electron chi connectivity index (χ4n) is 2.34. The molecule has 3 N–H and O–H groups in total. The van der Waals surface area contributed by atoms with Gasteiger partial charge in [0.2, 0.25) is 0 Å². The van der Waals surface area contributed by atoms with Crippen LogP contribution in [0.5, 0.6) is 0 Å². The first-order valence-corrected chi connectivity index (χ1v) is 7.96. The van der Waals surface area contributed by atoms with Gasteiger partial charge in [-0.1, -0.05) is 27.2 Å². The van der Waals surface area contributed by atoms with E-state index >= 15 is 0 Å². The highest BCUT2D eigenvalue weighted by Gasteiger charge is 2.18. The second-order valence-corrected chi connectivity index (χ2v) is 6.17. The molecule has 120 valence electrons. The summed E-state index contributed by atoms with van der Waals surface area (Å²) in [4.78, 5) is 8.76. The van der Waals surface area contributed by atoms with Crippen molar-refractivity contribution in [3.63, 3.8) is 0 Å². The van der Waals surface area contributed by atoms with Crippen LogP contribution in [0.4, 0.5) is 11.6 Å². The van der Waals surface area contributed by atoms with Gasteiger partial charge in [-0.25, -0.2) is 9.97 Å². The average molecular weight is 294 g/mol. The van der Waals surface area contributed by atoms with Gasteiger partial charge in [0.15, 0.2) is 0 Å². The molecule has 0 bridgehead atoms. The van der Waals surface area contributed by atoms with Crippen LogP contribution in [0.3, 0.4) is 0 Å². The Morgan fingerprint density at radius 1 is 1.14 bits per heavy atom. The van der Waals surface area contributed by atoms with Gasteiger partial charge in [-0.15, -0.1) is 0 Å².